The van der Waals surface area contributed by atoms with Gasteiger partial charge in [0.15, 0.2) is 0 Å². The Kier molecular flexibility index (Phi) is 14.1. The Morgan fingerprint density at radius 1 is 0.812 bits per heavy atom. The van der Waals surface area contributed by atoms with Crippen LogP contribution in [0.1, 0.15) is 25.7 Å². The summed E-state index contributed by atoms with van der Waals surface area (Å²) in [6.07, 6.45) is 3.95. The minimum Gasteiger partial charge on any atom is -0.381 e. The molecule has 4 heteroatoms. The van der Waals surface area contributed by atoms with Crippen LogP contribution < -0.4 is 0 Å². The molecule has 0 aromatic rings. The molecule has 0 spiro atoms. The van der Waals surface area contributed by atoms with Gasteiger partial charge in [0.25, 0.3) is 0 Å². The second-order valence-corrected chi connectivity index (χ2v) is 3.35. The van der Waals surface area contributed by atoms with Gasteiger partial charge in [0.1, 0.15) is 6.29 Å². The third-order valence-corrected chi connectivity index (χ3v) is 1.82. The van der Waals surface area contributed by atoms with Gasteiger partial charge in [0.05, 0.1) is 6.61 Å². The lowest BCUT2D eigenvalue weighted by Crippen LogP contribution is -2.05. The zero-order chi connectivity index (χ0) is 11.9. The Balaban J connectivity index is 2.85. The third kappa shape index (κ3) is 13.5. The summed E-state index contributed by atoms with van der Waals surface area (Å²) >= 11 is 0. The Labute approximate surface area is 98.3 Å². The number of hydrogen-bond donors (Lipinski definition) is 0. The number of carbonyl (C=O) groups excluding carboxylic acids is 1. The Morgan fingerprint density at radius 3 is 1.81 bits per heavy atom. The van der Waals surface area contributed by atoms with Crippen LogP contribution in [0, 0.1) is 6.92 Å². The zero-order valence-corrected chi connectivity index (χ0v) is 9.99. The number of ether oxygens (including phenoxy) is 3. The van der Waals surface area contributed by atoms with Crippen LogP contribution in [0.5, 0.6) is 0 Å². The highest BCUT2D eigenvalue weighted by Gasteiger charge is 1.91. The van der Waals surface area contributed by atoms with Gasteiger partial charge in [-0.2, -0.15) is 0 Å². The fraction of sp³-hybridized carbons (Fsp3) is 0.833. The molecule has 0 rings (SSSR count). The van der Waals surface area contributed by atoms with Gasteiger partial charge in [-0.05, 0) is 19.3 Å². The molecule has 1 radical (unpaired) electrons. The van der Waals surface area contributed by atoms with Crippen LogP contribution in [-0.4, -0.2) is 45.9 Å². The van der Waals surface area contributed by atoms with E-state index in [2.05, 4.69) is 6.92 Å². The maximum Gasteiger partial charge on any atom is 0.122 e. The fourth-order valence-electron chi connectivity index (χ4n) is 1.07. The number of rotatable bonds is 13. The van der Waals surface area contributed by atoms with Crippen LogP contribution in [0.25, 0.3) is 0 Å². The molecule has 0 unspecified atom stereocenters. The standard InChI is InChI=1S/C12H23O4/c1-2-7-14-9-4-11-16-12-5-10-15-8-3-6-13/h6H,1-5,7-12H2. The van der Waals surface area contributed by atoms with Gasteiger partial charge in [0.2, 0.25) is 0 Å². The van der Waals surface area contributed by atoms with E-state index in [-0.39, 0.29) is 0 Å². The van der Waals surface area contributed by atoms with Gasteiger partial charge < -0.3 is 19.0 Å². The molecular formula is C12H23O4. The predicted octanol–water partition coefficient (Wildman–Crippen LogP) is 1.63. The van der Waals surface area contributed by atoms with Crippen LogP contribution >= 0.6 is 0 Å². The molecule has 4 nitrogen and oxygen atoms in total. The van der Waals surface area contributed by atoms with Crippen molar-refractivity contribution in [2.75, 3.05) is 39.6 Å². The van der Waals surface area contributed by atoms with Crippen molar-refractivity contribution in [3.63, 3.8) is 0 Å². The first-order valence-corrected chi connectivity index (χ1v) is 5.88. The average molecular weight is 231 g/mol. The van der Waals surface area contributed by atoms with Crippen molar-refractivity contribution >= 4 is 6.29 Å². The lowest BCUT2D eigenvalue weighted by atomic mass is 10.4. The van der Waals surface area contributed by atoms with E-state index in [9.17, 15) is 4.79 Å². The van der Waals surface area contributed by atoms with Gasteiger partial charge in [-0.3, -0.25) is 0 Å². The van der Waals surface area contributed by atoms with Gasteiger partial charge >= 0.3 is 0 Å². The fourth-order valence-corrected chi connectivity index (χ4v) is 1.07. The molecule has 0 saturated heterocycles. The number of aldehydes is 1. The first-order chi connectivity index (χ1) is 7.91. The van der Waals surface area contributed by atoms with Crippen molar-refractivity contribution in [1.29, 1.82) is 0 Å². The summed E-state index contributed by atoms with van der Waals surface area (Å²) < 4.78 is 15.8. The van der Waals surface area contributed by atoms with E-state index in [0.29, 0.717) is 26.2 Å². The maximum absolute atomic E-state index is 9.97. The summed E-state index contributed by atoms with van der Waals surface area (Å²) in [5, 5.41) is 0. The molecule has 0 aromatic heterocycles. The molecule has 0 fully saturated rings. The summed E-state index contributed by atoms with van der Waals surface area (Å²) in [6.45, 7) is 7.76. The van der Waals surface area contributed by atoms with Crippen molar-refractivity contribution in [3.8, 4) is 0 Å². The molecule has 0 amide bonds. The minimum absolute atomic E-state index is 0.477. The molecule has 0 aliphatic heterocycles. The zero-order valence-electron chi connectivity index (χ0n) is 9.99. The van der Waals surface area contributed by atoms with E-state index in [1.165, 1.54) is 0 Å². The maximum atomic E-state index is 9.97. The molecule has 0 saturated carbocycles. The Morgan fingerprint density at radius 2 is 1.31 bits per heavy atom. The van der Waals surface area contributed by atoms with Crippen LogP contribution in [0.15, 0.2) is 0 Å². The number of hydrogen-bond acceptors (Lipinski definition) is 4. The van der Waals surface area contributed by atoms with E-state index in [1.54, 1.807) is 0 Å². The van der Waals surface area contributed by atoms with E-state index in [0.717, 1.165) is 45.4 Å². The Bertz CT molecular complexity index is 139. The van der Waals surface area contributed by atoms with E-state index < -0.39 is 0 Å². The highest BCUT2D eigenvalue weighted by Crippen LogP contribution is 1.90. The quantitative estimate of drug-likeness (QED) is 0.357. The predicted molar refractivity (Wildman–Crippen MR) is 62.3 cm³/mol. The largest absolute Gasteiger partial charge is 0.381 e. The molecule has 0 heterocycles. The van der Waals surface area contributed by atoms with Crippen LogP contribution in [0.3, 0.4) is 0 Å². The first kappa shape index (κ1) is 15.6. The van der Waals surface area contributed by atoms with Crippen molar-refractivity contribution in [2.24, 2.45) is 0 Å². The molecule has 0 aliphatic rings. The van der Waals surface area contributed by atoms with E-state index in [4.69, 9.17) is 14.2 Å². The van der Waals surface area contributed by atoms with Gasteiger partial charge in [-0.1, -0.05) is 6.92 Å². The van der Waals surface area contributed by atoms with Crippen LogP contribution in [0.4, 0.5) is 0 Å². The summed E-state index contributed by atoms with van der Waals surface area (Å²) in [5.74, 6) is 0. The second-order valence-electron chi connectivity index (χ2n) is 3.35. The average Bonchev–Trinajstić information content (AvgIpc) is 2.31. The van der Waals surface area contributed by atoms with E-state index >= 15 is 0 Å². The molecular weight excluding hydrogens is 208 g/mol. The van der Waals surface area contributed by atoms with Crippen molar-refractivity contribution < 1.29 is 19.0 Å². The summed E-state index contributed by atoms with van der Waals surface area (Å²) in [5.41, 5.74) is 0. The van der Waals surface area contributed by atoms with Crippen molar-refractivity contribution in [3.05, 3.63) is 6.92 Å². The summed E-state index contributed by atoms with van der Waals surface area (Å²) in [7, 11) is 0. The SMILES string of the molecule is [CH2]CCOCCCOCCCOCCC=O. The highest BCUT2D eigenvalue weighted by atomic mass is 16.5. The van der Waals surface area contributed by atoms with Crippen molar-refractivity contribution in [2.45, 2.75) is 25.7 Å². The summed E-state index contributed by atoms with van der Waals surface area (Å²) in [6, 6.07) is 0. The molecule has 16 heavy (non-hydrogen) atoms. The van der Waals surface area contributed by atoms with Gasteiger partial charge in [-0.25, -0.2) is 0 Å². The topological polar surface area (TPSA) is 44.8 Å². The normalized spacial score (nSPS) is 10.6. The summed E-state index contributed by atoms with van der Waals surface area (Å²) in [4.78, 5) is 9.97. The number of carbonyl (C=O) groups is 1. The van der Waals surface area contributed by atoms with E-state index in [1.807, 2.05) is 0 Å². The molecule has 95 valence electrons. The molecule has 0 aromatic carbocycles. The van der Waals surface area contributed by atoms with Gasteiger partial charge in [0, 0.05) is 39.5 Å². The van der Waals surface area contributed by atoms with Gasteiger partial charge in [-0.15, -0.1) is 0 Å². The molecule has 0 N–H and O–H groups in total. The van der Waals surface area contributed by atoms with Crippen LogP contribution in [-0.2, 0) is 19.0 Å². The molecule has 0 atom stereocenters. The minimum atomic E-state index is 0.477. The van der Waals surface area contributed by atoms with Crippen LogP contribution in [0.2, 0.25) is 0 Å². The monoisotopic (exact) mass is 231 g/mol. The Hall–Kier alpha value is -0.450. The lowest BCUT2D eigenvalue weighted by Gasteiger charge is -2.05. The lowest BCUT2D eigenvalue weighted by molar-refractivity contribution is -0.108. The molecule has 0 bridgehead atoms. The van der Waals surface area contributed by atoms with Crippen molar-refractivity contribution in [1.82, 2.24) is 0 Å². The smallest absolute Gasteiger partial charge is 0.122 e. The highest BCUT2D eigenvalue weighted by molar-refractivity contribution is 5.49. The second kappa shape index (κ2) is 14.6. The first-order valence-electron chi connectivity index (χ1n) is 5.88. The third-order valence-electron chi connectivity index (χ3n) is 1.82. The molecule has 0 aliphatic carbocycles.